The van der Waals surface area contributed by atoms with Gasteiger partial charge in [0.1, 0.15) is 11.5 Å². The van der Waals surface area contributed by atoms with Gasteiger partial charge < -0.3 is 9.73 Å². The van der Waals surface area contributed by atoms with Gasteiger partial charge in [-0.15, -0.1) is 13.2 Å². The van der Waals surface area contributed by atoms with E-state index in [4.69, 9.17) is 4.42 Å². The van der Waals surface area contributed by atoms with Crippen LogP contribution < -0.4 is 5.32 Å². The number of hydrogen-bond acceptors (Lipinski definition) is 3. The highest BCUT2D eigenvalue weighted by molar-refractivity contribution is 5.07. The molecule has 0 radical (unpaired) electrons. The molecule has 0 saturated heterocycles. The highest BCUT2D eigenvalue weighted by Gasteiger charge is 2.07. The lowest BCUT2D eigenvalue weighted by molar-refractivity contribution is 0.289. The van der Waals surface area contributed by atoms with Crippen LogP contribution in [0.15, 0.2) is 41.9 Å². The molecule has 0 spiro atoms. The second-order valence-corrected chi connectivity index (χ2v) is 5.16. The zero-order valence-electron chi connectivity index (χ0n) is 12.2. The van der Waals surface area contributed by atoms with Gasteiger partial charge in [-0.1, -0.05) is 26.0 Å². The minimum atomic E-state index is 0.658. The van der Waals surface area contributed by atoms with Crippen LogP contribution in [-0.2, 0) is 13.1 Å². The molecule has 0 aliphatic heterocycles. The van der Waals surface area contributed by atoms with Crippen molar-refractivity contribution in [3.8, 4) is 0 Å². The molecule has 1 rings (SSSR count). The average molecular weight is 262 g/mol. The second kappa shape index (κ2) is 8.73. The van der Waals surface area contributed by atoms with Crippen molar-refractivity contribution in [3.05, 3.63) is 49.0 Å². The monoisotopic (exact) mass is 262 g/mol. The van der Waals surface area contributed by atoms with E-state index in [0.717, 1.165) is 44.2 Å². The number of rotatable bonds is 10. The zero-order chi connectivity index (χ0) is 14.1. The minimum Gasteiger partial charge on any atom is -0.463 e. The maximum absolute atomic E-state index is 5.82. The molecule has 0 unspecified atom stereocenters. The number of furan rings is 1. The zero-order valence-corrected chi connectivity index (χ0v) is 12.2. The van der Waals surface area contributed by atoms with Crippen molar-refractivity contribution in [2.45, 2.75) is 26.9 Å². The summed E-state index contributed by atoms with van der Waals surface area (Å²) in [7, 11) is 0. The third-order valence-corrected chi connectivity index (χ3v) is 2.72. The number of nitrogens with one attached hydrogen (secondary N) is 1. The minimum absolute atomic E-state index is 0.658. The van der Waals surface area contributed by atoms with Gasteiger partial charge in [-0.2, -0.15) is 0 Å². The fourth-order valence-corrected chi connectivity index (χ4v) is 1.88. The Morgan fingerprint density at radius 2 is 1.84 bits per heavy atom. The first-order chi connectivity index (χ1) is 9.15. The van der Waals surface area contributed by atoms with Crippen LogP contribution in [0.3, 0.4) is 0 Å². The lowest BCUT2D eigenvalue weighted by Crippen LogP contribution is -2.23. The molecule has 3 heteroatoms. The van der Waals surface area contributed by atoms with Gasteiger partial charge in [0.05, 0.1) is 13.1 Å². The van der Waals surface area contributed by atoms with Crippen LogP contribution in [0.1, 0.15) is 25.4 Å². The Morgan fingerprint density at radius 3 is 2.42 bits per heavy atom. The summed E-state index contributed by atoms with van der Waals surface area (Å²) in [6.45, 7) is 16.2. The third-order valence-electron chi connectivity index (χ3n) is 2.72. The highest BCUT2D eigenvalue weighted by atomic mass is 16.3. The average Bonchev–Trinajstić information content (AvgIpc) is 2.77. The van der Waals surface area contributed by atoms with E-state index in [0.29, 0.717) is 5.92 Å². The largest absolute Gasteiger partial charge is 0.463 e. The third kappa shape index (κ3) is 6.41. The fourth-order valence-electron chi connectivity index (χ4n) is 1.88. The Bertz CT molecular complexity index is 372. The summed E-state index contributed by atoms with van der Waals surface area (Å²) in [6.07, 6.45) is 3.80. The maximum atomic E-state index is 5.82. The number of nitrogens with zero attached hydrogens (tertiary/aromatic N) is 1. The van der Waals surface area contributed by atoms with Gasteiger partial charge in [0.15, 0.2) is 0 Å². The maximum Gasteiger partial charge on any atom is 0.118 e. The van der Waals surface area contributed by atoms with Crippen LogP contribution in [0.2, 0.25) is 0 Å². The molecule has 1 N–H and O–H groups in total. The van der Waals surface area contributed by atoms with Gasteiger partial charge in [0.25, 0.3) is 0 Å². The fraction of sp³-hybridized carbons (Fsp3) is 0.500. The standard InChI is InChI=1S/C16H26N2O/c1-5-9-18(10-6-2)13-16-8-7-15(19-16)12-17-11-14(3)4/h5-8,14,17H,1-2,9-13H2,3-4H3. The van der Waals surface area contributed by atoms with Gasteiger partial charge in [-0.05, 0) is 24.6 Å². The molecule has 0 aliphatic carbocycles. The first kappa shape index (κ1) is 15.7. The van der Waals surface area contributed by atoms with Crippen LogP contribution in [0.4, 0.5) is 0 Å². The van der Waals surface area contributed by atoms with E-state index in [1.807, 2.05) is 24.3 Å². The van der Waals surface area contributed by atoms with Crippen molar-refractivity contribution in [3.63, 3.8) is 0 Å². The first-order valence-corrected chi connectivity index (χ1v) is 6.88. The van der Waals surface area contributed by atoms with Crippen molar-refractivity contribution in [1.82, 2.24) is 10.2 Å². The van der Waals surface area contributed by atoms with E-state index in [1.54, 1.807) is 0 Å². The highest BCUT2D eigenvalue weighted by Crippen LogP contribution is 2.11. The molecular formula is C16H26N2O. The predicted molar refractivity (Wildman–Crippen MR) is 80.9 cm³/mol. The Labute approximate surface area is 117 Å². The van der Waals surface area contributed by atoms with Crippen molar-refractivity contribution in [1.29, 1.82) is 0 Å². The van der Waals surface area contributed by atoms with Crippen LogP contribution in [-0.4, -0.2) is 24.5 Å². The molecule has 106 valence electrons. The topological polar surface area (TPSA) is 28.4 Å². The molecular weight excluding hydrogens is 236 g/mol. The summed E-state index contributed by atoms with van der Waals surface area (Å²) in [5.41, 5.74) is 0. The van der Waals surface area contributed by atoms with Crippen LogP contribution in [0.25, 0.3) is 0 Å². The second-order valence-electron chi connectivity index (χ2n) is 5.16. The quantitative estimate of drug-likeness (QED) is 0.656. The molecule has 19 heavy (non-hydrogen) atoms. The molecule has 0 aliphatic rings. The summed E-state index contributed by atoms with van der Waals surface area (Å²) >= 11 is 0. The lowest BCUT2D eigenvalue weighted by Gasteiger charge is -2.16. The summed E-state index contributed by atoms with van der Waals surface area (Å²) in [5, 5.41) is 3.38. The van der Waals surface area contributed by atoms with E-state index < -0.39 is 0 Å². The molecule has 0 bridgehead atoms. The van der Waals surface area contributed by atoms with Crippen LogP contribution in [0.5, 0.6) is 0 Å². The predicted octanol–water partition coefficient (Wildman–Crippen LogP) is 3.20. The molecule has 1 aromatic rings. The van der Waals surface area contributed by atoms with Gasteiger partial charge in [-0.3, -0.25) is 4.90 Å². The summed E-state index contributed by atoms with van der Waals surface area (Å²) < 4.78 is 5.82. The molecule has 1 heterocycles. The molecule has 3 nitrogen and oxygen atoms in total. The van der Waals surface area contributed by atoms with Crippen molar-refractivity contribution in [2.24, 2.45) is 5.92 Å². The van der Waals surface area contributed by atoms with Gasteiger partial charge in [0, 0.05) is 13.1 Å². The molecule has 1 aromatic heterocycles. The summed E-state index contributed by atoms with van der Waals surface area (Å²) in [5.74, 6) is 2.64. The van der Waals surface area contributed by atoms with Gasteiger partial charge in [0.2, 0.25) is 0 Å². The van der Waals surface area contributed by atoms with Gasteiger partial charge >= 0.3 is 0 Å². The Hall–Kier alpha value is -1.32. The Balaban J connectivity index is 2.44. The summed E-state index contributed by atoms with van der Waals surface area (Å²) in [4.78, 5) is 2.23. The van der Waals surface area contributed by atoms with Crippen LogP contribution >= 0.6 is 0 Å². The summed E-state index contributed by atoms with van der Waals surface area (Å²) in [6, 6.07) is 4.09. The lowest BCUT2D eigenvalue weighted by atomic mass is 10.2. The normalized spacial score (nSPS) is 11.2. The van der Waals surface area contributed by atoms with Crippen LogP contribution in [0, 0.1) is 5.92 Å². The van der Waals surface area contributed by atoms with Crippen molar-refractivity contribution >= 4 is 0 Å². The van der Waals surface area contributed by atoms with E-state index in [1.165, 1.54) is 0 Å². The first-order valence-electron chi connectivity index (χ1n) is 6.88. The smallest absolute Gasteiger partial charge is 0.118 e. The Morgan fingerprint density at radius 1 is 1.21 bits per heavy atom. The molecule has 0 fully saturated rings. The molecule has 0 aromatic carbocycles. The number of hydrogen-bond donors (Lipinski definition) is 1. The molecule has 0 atom stereocenters. The van der Waals surface area contributed by atoms with Gasteiger partial charge in [-0.25, -0.2) is 0 Å². The molecule has 0 saturated carbocycles. The van der Waals surface area contributed by atoms with E-state index in [2.05, 4.69) is 37.2 Å². The Kier molecular flexibility index (Phi) is 7.23. The van der Waals surface area contributed by atoms with Crippen molar-refractivity contribution in [2.75, 3.05) is 19.6 Å². The van der Waals surface area contributed by atoms with E-state index in [-0.39, 0.29) is 0 Å². The molecule has 0 amide bonds. The van der Waals surface area contributed by atoms with Crippen molar-refractivity contribution < 1.29 is 4.42 Å². The van der Waals surface area contributed by atoms with E-state index in [9.17, 15) is 0 Å². The SMILES string of the molecule is C=CCN(CC=C)Cc1ccc(CNCC(C)C)o1. The van der Waals surface area contributed by atoms with E-state index >= 15 is 0 Å².